The van der Waals surface area contributed by atoms with Gasteiger partial charge in [0.1, 0.15) is 0 Å². The highest BCUT2D eigenvalue weighted by Gasteiger charge is 2.08. The lowest BCUT2D eigenvalue weighted by atomic mass is 10.2. The molecule has 2 aromatic rings. The predicted molar refractivity (Wildman–Crippen MR) is 98.1 cm³/mol. The highest BCUT2D eigenvalue weighted by molar-refractivity contribution is 14.1. The molecule has 0 spiro atoms. The summed E-state index contributed by atoms with van der Waals surface area (Å²) in [5.74, 6) is -0.537. The molecule has 0 heterocycles. The molecule has 4 nitrogen and oxygen atoms in total. The predicted octanol–water partition coefficient (Wildman–Crippen LogP) is 3.80. The average molecular weight is 423 g/mol. The van der Waals surface area contributed by atoms with E-state index in [1.165, 1.54) is 0 Å². The van der Waals surface area contributed by atoms with Crippen LogP contribution in [0.1, 0.15) is 18.4 Å². The molecule has 0 aliphatic carbocycles. The van der Waals surface area contributed by atoms with Gasteiger partial charge in [-0.05, 0) is 52.4 Å². The van der Waals surface area contributed by atoms with Gasteiger partial charge in [0.05, 0.1) is 13.0 Å². The maximum absolute atomic E-state index is 11.8. The third-order valence-corrected chi connectivity index (χ3v) is 3.90. The molecule has 0 saturated heterocycles. The fourth-order valence-corrected chi connectivity index (χ4v) is 2.33. The van der Waals surface area contributed by atoms with Crippen molar-refractivity contribution in [3.05, 3.63) is 63.7 Å². The minimum atomic E-state index is -0.348. The van der Waals surface area contributed by atoms with Crippen molar-refractivity contribution in [2.45, 2.75) is 19.3 Å². The van der Waals surface area contributed by atoms with E-state index in [-0.39, 0.29) is 24.7 Å². The van der Waals surface area contributed by atoms with Gasteiger partial charge in [0.15, 0.2) is 0 Å². The van der Waals surface area contributed by atoms with Crippen molar-refractivity contribution < 1.29 is 14.3 Å². The molecule has 5 heteroatoms. The van der Waals surface area contributed by atoms with Crippen molar-refractivity contribution in [2.24, 2.45) is 0 Å². The van der Waals surface area contributed by atoms with Crippen molar-refractivity contribution in [2.75, 3.05) is 11.9 Å². The molecule has 0 saturated carbocycles. The van der Waals surface area contributed by atoms with Crippen molar-refractivity contribution in [1.82, 2.24) is 0 Å². The maximum atomic E-state index is 11.8. The normalized spacial score (nSPS) is 10.1. The Morgan fingerprint density at radius 1 is 0.957 bits per heavy atom. The number of esters is 1. The summed E-state index contributed by atoms with van der Waals surface area (Å²) < 4.78 is 6.24. The number of hydrogen-bond acceptors (Lipinski definition) is 3. The molecule has 0 aromatic heterocycles. The summed E-state index contributed by atoms with van der Waals surface area (Å²) in [4.78, 5) is 23.4. The Morgan fingerprint density at radius 2 is 1.65 bits per heavy atom. The van der Waals surface area contributed by atoms with Gasteiger partial charge in [0.25, 0.3) is 0 Å². The molecular formula is C18H18INO3. The smallest absolute Gasteiger partial charge is 0.306 e. The number of nitrogens with one attached hydrogen (secondary N) is 1. The Kier molecular flexibility index (Phi) is 7.06. The van der Waals surface area contributed by atoms with E-state index in [0.29, 0.717) is 13.0 Å². The second-order valence-corrected chi connectivity index (χ2v) is 6.26. The van der Waals surface area contributed by atoms with Gasteiger partial charge in [-0.3, -0.25) is 9.59 Å². The number of benzene rings is 2. The van der Waals surface area contributed by atoms with Crippen LogP contribution in [-0.4, -0.2) is 18.5 Å². The fourth-order valence-electron chi connectivity index (χ4n) is 1.97. The third-order valence-electron chi connectivity index (χ3n) is 3.18. The minimum absolute atomic E-state index is 0.0883. The van der Waals surface area contributed by atoms with Crippen LogP contribution >= 0.6 is 22.6 Å². The molecule has 0 radical (unpaired) electrons. The lowest BCUT2D eigenvalue weighted by molar-refractivity contribution is -0.144. The van der Waals surface area contributed by atoms with Gasteiger partial charge in [-0.15, -0.1) is 0 Å². The molecule has 0 bridgehead atoms. The summed E-state index contributed by atoms with van der Waals surface area (Å²) in [5, 5.41) is 2.76. The van der Waals surface area contributed by atoms with Crippen LogP contribution in [0.2, 0.25) is 0 Å². The first-order chi connectivity index (χ1) is 11.1. The van der Waals surface area contributed by atoms with E-state index in [9.17, 15) is 9.59 Å². The maximum Gasteiger partial charge on any atom is 0.306 e. The topological polar surface area (TPSA) is 55.4 Å². The highest BCUT2D eigenvalue weighted by Crippen LogP contribution is 2.11. The summed E-state index contributed by atoms with van der Waals surface area (Å²) in [5.41, 5.74) is 1.85. The SMILES string of the molecule is O=C(CCC(=O)OCCc1ccccc1)Nc1ccc(I)cc1. The second kappa shape index (κ2) is 9.29. The molecule has 0 atom stereocenters. The van der Waals surface area contributed by atoms with Crippen LogP contribution in [0.5, 0.6) is 0 Å². The molecule has 0 unspecified atom stereocenters. The Morgan fingerprint density at radius 3 is 2.35 bits per heavy atom. The van der Waals surface area contributed by atoms with Gasteiger partial charge in [-0.1, -0.05) is 30.3 Å². The van der Waals surface area contributed by atoms with Gasteiger partial charge in [0.2, 0.25) is 5.91 Å². The lowest BCUT2D eigenvalue weighted by Gasteiger charge is -2.06. The van der Waals surface area contributed by atoms with Crippen LogP contribution in [0.4, 0.5) is 5.69 Å². The zero-order valence-corrected chi connectivity index (χ0v) is 14.8. The quantitative estimate of drug-likeness (QED) is 0.545. The number of hydrogen-bond donors (Lipinski definition) is 1. The first kappa shape index (κ1) is 17.5. The Balaban J connectivity index is 1.63. The zero-order valence-electron chi connectivity index (χ0n) is 12.6. The molecule has 2 aromatic carbocycles. The molecular weight excluding hydrogens is 405 g/mol. The summed E-state index contributed by atoms with van der Waals surface area (Å²) in [6.45, 7) is 0.335. The minimum Gasteiger partial charge on any atom is -0.465 e. The fraction of sp³-hybridized carbons (Fsp3) is 0.222. The largest absolute Gasteiger partial charge is 0.465 e. The van der Waals surface area contributed by atoms with Gasteiger partial charge in [0, 0.05) is 22.1 Å². The van der Waals surface area contributed by atoms with Crippen LogP contribution < -0.4 is 5.32 Å². The summed E-state index contributed by atoms with van der Waals surface area (Å²) in [6, 6.07) is 17.3. The van der Waals surface area contributed by atoms with Gasteiger partial charge < -0.3 is 10.1 Å². The number of amides is 1. The van der Waals surface area contributed by atoms with Gasteiger partial charge in [-0.25, -0.2) is 0 Å². The number of rotatable bonds is 7. The molecule has 2 rings (SSSR count). The monoisotopic (exact) mass is 423 g/mol. The second-order valence-electron chi connectivity index (χ2n) is 5.01. The lowest BCUT2D eigenvalue weighted by Crippen LogP contribution is -2.15. The van der Waals surface area contributed by atoms with Gasteiger partial charge >= 0.3 is 5.97 Å². The van der Waals surface area contributed by atoms with Crippen LogP contribution in [0.15, 0.2) is 54.6 Å². The zero-order chi connectivity index (χ0) is 16.5. The Labute approximate surface area is 149 Å². The standard InChI is InChI=1S/C18H18INO3/c19-15-6-8-16(9-7-15)20-17(21)10-11-18(22)23-13-12-14-4-2-1-3-5-14/h1-9H,10-13H2,(H,20,21). The van der Waals surface area contributed by atoms with E-state index in [1.54, 1.807) is 0 Å². The highest BCUT2D eigenvalue weighted by atomic mass is 127. The first-order valence-electron chi connectivity index (χ1n) is 7.38. The van der Waals surface area contributed by atoms with Crippen molar-refractivity contribution in [1.29, 1.82) is 0 Å². The third kappa shape index (κ3) is 6.81. The molecule has 120 valence electrons. The van der Waals surface area contributed by atoms with E-state index in [4.69, 9.17) is 4.74 Å². The molecule has 0 fully saturated rings. The van der Waals surface area contributed by atoms with Crippen LogP contribution in [0.25, 0.3) is 0 Å². The molecule has 0 aliphatic rings. The molecule has 1 amide bonds. The van der Waals surface area contributed by atoms with Crippen LogP contribution in [0, 0.1) is 3.57 Å². The van der Waals surface area contributed by atoms with E-state index < -0.39 is 0 Å². The number of carbonyl (C=O) groups is 2. The van der Waals surface area contributed by atoms with Crippen molar-refractivity contribution >= 4 is 40.2 Å². The van der Waals surface area contributed by atoms with Crippen LogP contribution in [-0.2, 0) is 20.7 Å². The molecule has 0 aliphatic heterocycles. The summed E-state index contributed by atoms with van der Waals surface area (Å²) >= 11 is 2.20. The first-order valence-corrected chi connectivity index (χ1v) is 8.46. The molecule has 1 N–H and O–H groups in total. The number of halogens is 1. The number of anilines is 1. The van der Waals surface area contributed by atoms with E-state index in [0.717, 1.165) is 14.8 Å². The number of ether oxygens (including phenoxy) is 1. The van der Waals surface area contributed by atoms with E-state index in [1.807, 2.05) is 54.6 Å². The van der Waals surface area contributed by atoms with Crippen molar-refractivity contribution in [3.63, 3.8) is 0 Å². The van der Waals surface area contributed by atoms with E-state index in [2.05, 4.69) is 27.9 Å². The average Bonchev–Trinajstić information content (AvgIpc) is 2.56. The molecule has 23 heavy (non-hydrogen) atoms. The Bertz CT molecular complexity index is 641. The van der Waals surface area contributed by atoms with E-state index >= 15 is 0 Å². The summed E-state index contributed by atoms with van der Waals surface area (Å²) in [6.07, 6.45) is 0.891. The van der Waals surface area contributed by atoms with Crippen LogP contribution in [0.3, 0.4) is 0 Å². The number of carbonyl (C=O) groups excluding carboxylic acids is 2. The Hall–Kier alpha value is -1.89. The summed E-state index contributed by atoms with van der Waals surface area (Å²) in [7, 11) is 0. The van der Waals surface area contributed by atoms with Gasteiger partial charge in [-0.2, -0.15) is 0 Å². The van der Waals surface area contributed by atoms with Crippen molar-refractivity contribution in [3.8, 4) is 0 Å².